The van der Waals surface area contributed by atoms with E-state index < -0.39 is 0 Å². The molecule has 2 rings (SSSR count). The normalized spacial score (nSPS) is 10.3. The van der Waals surface area contributed by atoms with Crippen molar-refractivity contribution in [1.82, 2.24) is 0 Å². The molecule has 92 valence electrons. The third-order valence-corrected chi connectivity index (χ3v) is 3.86. The number of rotatable bonds is 5. The predicted molar refractivity (Wildman–Crippen MR) is 77.1 cm³/mol. The minimum atomic E-state index is 0.276. The van der Waals surface area contributed by atoms with Crippen molar-refractivity contribution in [3.63, 3.8) is 0 Å². The quantitative estimate of drug-likeness (QED) is 0.755. The van der Waals surface area contributed by atoms with E-state index in [1.807, 2.05) is 61.5 Å². The number of thioether (sulfide) groups is 1. The molecule has 0 saturated heterocycles. The van der Waals surface area contributed by atoms with E-state index in [1.165, 1.54) is 5.56 Å². The molecule has 2 aromatic rings. The molecule has 0 aliphatic heterocycles. The Bertz CT molecular complexity index is 520. The summed E-state index contributed by atoms with van der Waals surface area (Å²) in [5.74, 6) is 0.816. The van der Waals surface area contributed by atoms with Crippen molar-refractivity contribution in [2.45, 2.75) is 18.2 Å². The zero-order valence-electron chi connectivity index (χ0n) is 10.4. The fourth-order valence-corrected chi connectivity index (χ4v) is 2.53. The summed E-state index contributed by atoms with van der Waals surface area (Å²) in [7, 11) is 0. The van der Waals surface area contributed by atoms with Crippen LogP contribution >= 0.6 is 11.8 Å². The molecule has 0 aliphatic carbocycles. The molecule has 18 heavy (non-hydrogen) atoms. The maximum absolute atomic E-state index is 11.9. The van der Waals surface area contributed by atoms with Crippen molar-refractivity contribution in [1.29, 1.82) is 0 Å². The minimum Gasteiger partial charge on any atom is -0.298 e. The molecular weight excluding hydrogens is 240 g/mol. The zero-order chi connectivity index (χ0) is 12.8. The zero-order valence-corrected chi connectivity index (χ0v) is 11.2. The maximum atomic E-state index is 11.9. The highest BCUT2D eigenvalue weighted by Crippen LogP contribution is 2.18. The molecule has 0 unspecified atom stereocenters. The van der Waals surface area contributed by atoms with E-state index in [2.05, 4.69) is 0 Å². The number of carbonyl (C=O) groups is 1. The number of carbonyl (C=O) groups excluding carboxylic acids is 1. The molecule has 0 spiro atoms. The number of aryl methyl sites for hydroxylation is 1. The summed E-state index contributed by atoms with van der Waals surface area (Å²) in [4.78, 5) is 13.1. The summed E-state index contributed by atoms with van der Waals surface area (Å²) in [5, 5.41) is 0. The Balaban J connectivity index is 1.88. The standard InChI is InChI=1S/C16H16OS/c1-13-7-5-6-8-14(13)11-15(17)12-18-16-9-3-2-4-10-16/h2-10H,11-12H2,1H3. The molecule has 0 saturated carbocycles. The first-order valence-corrected chi connectivity index (χ1v) is 6.98. The first kappa shape index (κ1) is 12.9. The molecule has 0 heterocycles. The van der Waals surface area contributed by atoms with Gasteiger partial charge in [-0.25, -0.2) is 0 Å². The lowest BCUT2D eigenvalue weighted by Crippen LogP contribution is -2.06. The van der Waals surface area contributed by atoms with Crippen molar-refractivity contribution in [2.24, 2.45) is 0 Å². The van der Waals surface area contributed by atoms with Crippen molar-refractivity contribution < 1.29 is 4.79 Å². The molecule has 2 aromatic carbocycles. The summed E-state index contributed by atoms with van der Waals surface area (Å²) in [6.45, 7) is 2.05. The van der Waals surface area contributed by atoms with E-state index in [0.29, 0.717) is 12.2 Å². The Hall–Kier alpha value is -1.54. The lowest BCUT2D eigenvalue weighted by molar-refractivity contribution is -0.116. The van der Waals surface area contributed by atoms with Crippen LogP contribution in [0.5, 0.6) is 0 Å². The Labute approximate surface area is 112 Å². The summed E-state index contributed by atoms with van der Waals surface area (Å²) < 4.78 is 0. The molecular formula is C16H16OS. The van der Waals surface area contributed by atoms with Crippen LogP contribution < -0.4 is 0 Å². The van der Waals surface area contributed by atoms with E-state index in [-0.39, 0.29) is 5.78 Å². The molecule has 2 heteroatoms. The minimum absolute atomic E-state index is 0.276. The second-order valence-corrected chi connectivity index (χ2v) is 5.29. The van der Waals surface area contributed by atoms with Crippen molar-refractivity contribution in [2.75, 3.05) is 5.75 Å². The molecule has 1 nitrogen and oxygen atoms in total. The third kappa shape index (κ3) is 3.74. The van der Waals surface area contributed by atoms with Gasteiger partial charge < -0.3 is 0 Å². The van der Waals surface area contributed by atoms with Gasteiger partial charge in [0.25, 0.3) is 0 Å². The van der Waals surface area contributed by atoms with Crippen molar-refractivity contribution in [3.05, 3.63) is 65.7 Å². The van der Waals surface area contributed by atoms with Gasteiger partial charge in [0.05, 0.1) is 5.75 Å². The van der Waals surface area contributed by atoms with Crippen molar-refractivity contribution in [3.8, 4) is 0 Å². The van der Waals surface area contributed by atoms with E-state index >= 15 is 0 Å². The predicted octanol–water partition coefficient (Wildman–Crippen LogP) is 3.90. The van der Waals surface area contributed by atoms with Gasteiger partial charge in [0, 0.05) is 11.3 Å². The SMILES string of the molecule is Cc1ccccc1CC(=O)CSc1ccccc1. The fraction of sp³-hybridized carbons (Fsp3) is 0.188. The number of Topliss-reactive ketones (excluding diaryl/α,β-unsaturated/α-hetero) is 1. The molecule has 0 N–H and O–H groups in total. The second kappa shape index (κ2) is 6.41. The average molecular weight is 256 g/mol. The van der Waals surface area contributed by atoms with Gasteiger partial charge in [0.2, 0.25) is 0 Å². The van der Waals surface area contributed by atoms with Crippen molar-refractivity contribution >= 4 is 17.5 Å². The van der Waals surface area contributed by atoms with Gasteiger partial charge in [-0.3, -0.25) is 4.79 Å². The molecule has 0 fully saturated rings. The van der Waals surface area contributed by atoms with Gasteiger partial charge in [0.1, 0.15) is 5.78 Å². The highest BCUT2D eigenvalue weighted by Gasteiger charge is 2.06. The number of hydrogen-bond donors (Lipinski definition) is 0. The Morgan fingerprint density at radius 3 is 2.39 bits per heavy atom. The van der Waals surface area contributed by atoms with Crippen LogP contribution in [0.25, 0.3) is 0 Å². The fourth-order valence-electron chi connectivity index (χ4n) is 1.75. The van der Waals surface area contributed by atoms with Gasteiger partial charge in [-0.15, -0.1) is 11.8 Å². The summed E-state index contributed by atoms with van der Waals surface area (Å²) in [6.07, 6.45) is 0.534. The van der Waals surface area contributed by atoms with Gasteiger partial charge in [-0.2, -0.15) is 0 Å². The second-order valence-electron chi connectivity index (χ2n) is 4.24. The van der Waals surface area contributed by atoms with Gasteiger partial charge in [0.15, 0.2) is 0 Å². The smallest absolute Gasteiger partial charge is 0.147 e. The third-order valence-electron chi connectivity index (χ3n) is 2.79. The largest absolute Gasteiger partial charge is 0.298 e. The molecule has 0 aromatic heterocycles. The van der Waals surface area contributed by atoms with Crippen LogP contribution in [-0.2, 0) is 11.2 Å². The van der Waals surface area contributed by atoms with Gasteiger partial charge >= 0.3 is 0 Å². The highest BCUT2D eigenvalue weighted by molar-refractivity contribution is 8.00. The first-order chi connectivity index (χ1) is 8.75. The Morgan fingerprint density at radius 2 is 1.67 bits per heavy atom. The number of ketones is 1. The van der Waals surface area contributed by atoms with Gasteiger partial charge in [-0.1, -0.05) is 42.5 Å². The Morgan fingerprint density at radius 1 is 1.00 bits per heavy atom. The summed E-state index contributed by atoms with van der Waals surface area (Å²) >= 11 is 1.60. The highest BCUT2D eigenvalue weighted by atomic mass is 32.2. The molecule has 0 atom stereocenters. The van der Waals surface area contributed by atoms with E-state index in [0.717, 1.165) is 10.5 Å². The summed E-state index contributed by atoms with van der Waals surface area (Å²) in [6, 6.07) is 18.1. The number of hydrogen-bond acceptors (Lipinski definition) is 2. The van der Waals surface area contributed by atoms with E-state index in [9.17, 15) is 4.79 Å². The monoisotopic (exact) mass is 256 g/mol. The van der Waals surface area contributed by atoms with Crippen LogP contribution in [0.1, 0.15) is 11.1 Å². The van der Waals surface area contributed by atoms with E-state index in [1.54, 1.807) is 11.8 Å². The van der Waals surface area contributed by atoms with Crippen LogP contribution in [0.2, 0.25) is 0 Å². The lowest BCUT2D eigenvalue weighted by Gasteiger charge is -2.04. The van der Waals surface area contributed by atoms with E-state index in [4.69, 9.17) is 0 Å². The Kier molecular flexibility index (Phi) is 4.59. The van der Waals surface area contributed by atoms with Crippen LogP contribution in [0, 0.1) is 6.92 Å². The first-order valence-electron chi connectivity index (χ1n) is 6.00. The molecule has 0 bridgehead atoms. The molecule has 0 amide bonds. The van der Waals surface area contributed by atoms with Crippen LogP contribution in [0.3, 0.4) is 0 Å². The number of benzene rings is 2. The molecule has 0 aliphatic rings. The maximum Gasteiger partial charge on any atom is 0.147 e. The average Bonchev–Trinajstić information content (AvgIpc) is 2.40. The van der Waals surface area contributed by atoms with Crippen LogP contribution in [0.15, 0.2) is 59.5 Å². The van der Waals surface area contributed by atoms with Crippen LogP contribution in [-0.4, -0.2) is 11.5 Å². The molecule has 0 radical (unpaired) electrons. The topological polar surface area (TPSA) is 17.1 Å². The van der Waals surface area contributed by atoms with Crippen LogP contribution in [0.4, 0.5) is 0 Å². The van der Waals surface area contributed by atoms with Gasteiger partial charge in [-0.05, 0) is 30.2 Å². The summed E-state index contributed by atoms with van der Waals surface area (Å²) in [5.41, 5.74) is 2.33. The lowest BCUT2D eigenvalue weighted by atomic mass is 10.0.